The predicted molar refractivity (Wildman–Crippen MR) is 70.2 cm³/mol. The quantitative estimate of drug-likeness (QED) is 0.467. The zero-order valence-corrected chi connectivity index (χ0v) is 9.74. The fraction of sp³-hybridized carbons (Fsp3) is 0.0714. The molecule has 1 aromatic carbocycles. The van der Waals surface area contributed by atoms with E-state index < -0.39 is 0 Å². The molecule has 0 radical (unpaired) electrons. The number of nitrogens with zero attached hydrogens (tertiary/aromatic N) is 2. The van der Waals surface area contributed by atoms with Gasteiger partial charge in [0, 0.05) is 24.0 Å². The van der Waals surface area contributed by atoms with E-state index in [1.165, 1.54) is 0 Å². The molecule has 0 aliphatic heterocycles. The van der Waals surface area contributed by atoms with Crippen LogP contribution in [-0.2, 0) is 6.42 Å². The van der Waals surface area contributed by atoms with Gasteiger partial charge >= 0.3 is 0 Å². The number of benzene rings is 1. The van der Waals surface area contributed by atoms with Crippen molar-refractivity contribution in [3.63, 3.8) is 0 Å². The van der Waals surface area contributed by atoms with Crippen LogP contribution in [0.2, 0.25) is 0 Å². The van der Waals surface area contributed by atoms with Crippen molar-refractivity contribution in [2.45, 2.75) is 6.42 Å². The second-order valence-corrected chi connectivity index (χ2v) is 3.83. The van der Waals surface area contributed by atoms with Crippen molar-refractivity contribution in [3.8, 4) is 11.1 Å². The summed E-state index contributed by atoms with van der Waals surface area (Å²) in [7, 11) is 0. The summed E-state index contributed by atoms with van der Waals surface area (Å²) in [6, 6.07) is 8.89. The zero-order valence-electron chi connectivity index (χ0n) is 9.74. The second kappa shape index (κ2) is 5.23. The molecule has 0 bridgehead atoms. The van der Waals surface area contributed by atoms with Gasteiger partial charge in [-0.1, -0.05) is 18.2 Å². The van der Waals surface area contributed by atoms with E-state index in [2.05, 4.69) is 11.6 Å². The molecule has 0 unspecified atom stereocenters. The second-order valence-electron chi connectivity index (χ2n) is 3.83. The van der Waals surface area contributed by atoms with Crippen LogP contribution in [0.1, 0.15) is 5.56 Å². The summed E-state index contributed by atoms with van der Waals surface area (Å²) in [5.74, 6) is 0. The summed E-state index contributed by atoms with van der Waals surface area (Å²) < 4.78 is 0. The minimum Gasteiger partial charge on any atom is -0.265 e. The molecule has 0 fully saturated rings. The maximum Gasteiger partial charge on any atom is 0.273 e. The third-order valence-corrected chi connectivity index (χ3v) is 2.66. The van der Waals surface area contributed by atoms with Crippen LogP contribution in [0.3, 0.4) is 0 Å². The Morgan fingerprint density at radius 1 is 1.22 bits per heavy atom. The van der Waals surface area contributed by atoms with Gasteiger partial charge < -0.3 is 0 Å². The summed E-state index contributed by atoms with van der Waals surface area (Å²) >= 11 is 0. The molecule has 4 nitrogen and oxygen atoms in total. The van der Waals surface area contributed by atoms with E-state index in [-0.39, 0.29) is 10.6 Å². The van der Waals surface area contributed by atoms with Crippen molar-refractivity contribution in [3.05, 3.63) is 71.1 Å². The van der Waals surface area contributed by atoms with Gasteiger partial charge in [0.1, 0.15) is 0 Å². The molecule has 18 heavy (non-hydrogen) atoms. The first-order chi connectivity index (χ1) is 8.72. The largest absolute Gasteiger partial charge is 0.273 e. The first kappa shape index (κ1) is 12.0. The fourth-order valence-corrected chi connectivity index (χ4v) is 1.79. The lowest BCUT2D eigenvalue weighted by atomic mass is 10.0. The molecular weight excluding hydrogens is 228 g/mol. The smallest absolute Gasteiger partial charge is 0.265 e. The highest BCUT2D eigenvalue weighted by molar-refractivity contribution is 5.67. The summed E-state index contributed by atoms with van der Waals surface area (Å²) in [5, 5.41) is 11.0. The molecule has 0 saturated carbocycles. The minimum absolute atomic E-state index is 0.129. The van der Waals surface area contributed by atoms with Gasteiger partial charge in [-0.05, 0) is 29.7 Å². The highest BCUT2D eigenvalue weighted by atomic mass is 16.6. The van der Waals surface area contributed by atoms with Gasteiger partial charge in [0.05, 0.1) is 4.92 Å². The Balaban J connectivity index is 2.50. The van der Waals surface area contributed by atoms with E-state index in [4.69, 9.17) is 0 Å². The van der Waals surface area contributed by atoms with Crippen molar-refractivity contribution < 1.29 is 4.92 Å². The molecular formula is C14H12N2O2. The first-order valence-electron chi connectivity index (χ1n) is 5.51. The third kappa shape index (κ3) is 2.43. The Labute approximate surface area is 105 Å². The van der Waals surface area contributed by atoms with Crippen LogP contribution >= 0.6 is 0 Å². The lowest BCUT2D eigenvalue weighted by Gasteiger charge is -2.04. The van der Waals surface area contributed by atoms with Crippen molar-refractivity contribution in [1.29, 1.82) is 0 Å². The standard InChI is InChI=1S/C14H12N2O2/c1-2-3-12-4-5-13(10-14(12)16(17)18)11-6-8-15-9-7-11/h2,4-10H,1,3H2. The Hall–Kier alpha value is -2.49. The Bertz CT molecular complexity index is 580. The van der Waals surface area contributed by atoms with Gasteiger partial charge in [0.25, 0.3) is 5.69 Å². The fourth-order valence-electron chi connectivity index (χ4n) is 1.79. The lowest BCUT2D eigenvalue weighted by molar-refractivity contribution is -0.385. The van der Waals surface area contributed by atoms with Crippen LogP contribution in [0.4, 0.5) is 5.69 Å². The summed E-state index contributed by atoms with van der Waals surface area (Å²) in [5.41, 5.74) is 2.53. The minimum atomic E-state index is -0.358. The Morgan fingerprint density at radius 2 is 1.94 bits per heavy atom. The molecule has 0 saturated heterocycles. The van der Waals surface area contributed by atoms with Crippen LogP contribution in [-0.4, -0.2) is 9.91 Å². The van der Waals surface area contributed by atoms with Gasteiger partial charge in [-0.15, -0.1) is 6.58 Å². The molecule has 0 aliphatic carbocycles. The van der Waals surface area contributed by atoms with E-state index in [1.807, 2.05) is 18.2 Å². The van der Waals surface area contributed by atoms with E-state index in [9.17, 15) is 10.1 Å². The van der Waals surface area contributed by atoms with Crippen molar-refractivity contribution in [2.24, 2.45) is 0 Å². The zero-order chi connectivity index (χ0) is 13.0. The average Bonchev–Trinajstić information content (AvgIpc) is 2.40. The number of rotatable bonds is 4. The monoisotopic (exact) mass is 240 g/mol. The molecule has 90 valence electrons. The van der Waals surface area contributed by atoms with Crippen LogP contribution < -0.4 is 0 Å². The SMILES string of the molecule is C=CCc1ccc(-c2ccncc2)cc1[N+](=O)[O-]. The Morgan fingerprint density at radius 3 is 2.56 bits per heavy atom. The van der Waals surface area contributed by atoms with E-state index in [0.29, 0.717) is 12.0 Å². The molecule has 1 heterocycles. The molecule has 4 heteroatoms. The molecule has 1 aromatic heterocycles. The van der Waals surface area contributed by atoms with E-state index >= 15 is 0 Å². The van der Waals surface area contributed by atoms with Crippen molar-refractivity contribution >= 4 is 5.69 Å². The molecule has 2 aromatic rings. The Kier molecular flexibility index (Phi) is 3.48. The normalized spacial score (nSPS) is 10.0. The average molecular weight is 240 g/mol. The lowest BCUT2D eigenvalue weighted by Crippen LogP contribution is -1.95. The summed E-state index contributed by atoms with van der Waals surface area (Å²) in [6.07, 6.45) is 5.49. The number of hydrogen-bond acceptors (Lipinski definition) is 3. The topological polar surface area (TPSA) is 56.0 Å². The number of aromatic nitrogens is 1. The third-order valence-electron chi connectivity index (χ3n) is 2.66. The van der Waals surface area contributed by atoms with Gasteiger partial charge in [-0.3, -0.25) is 15.1 Å². The van der Waals surface area contributed by atoms with Gasteiger partial charge in [-0.2, -0.15) is 0 Å². The summed E-state index contributed by atoms with van der Waals surface area (Å²) in [6.45, 7) is 3.61. The molecule has 0 spiro atoms. The maximum absolute atomic E-state index is 11.0. The first-order valence-corrected chi connectivity index (χ1v) is 5.51. The van der Waals surface area contributed by atoms with Crippen LogP contribution in [0.25, 0.3) is 11.1 Å². The number of allylic oxidation sites excluding steroid dienone is 1. The highest BCUT2D eigenvalue weighted by Crippen LogP contribution is 2.27. The molecule has 0 amide bonds. The number of nitro benzene ring substituents is 1. The highest BCUT2D eigenvalue weighted by Gasteiger charge is 2.13. The molecule has 2 rings (SSSR count). The van der Waals surface area contributed by atoms with Crippen LogP contribution in [0.15, 0.2) is 55.4 Å². The molecule has 0 N–H and O–H groups in total. The van der Waals surface area contributed by atoms with Crippen LogP contribution in [0, 0.1) is 10.1 Å². The van der Waals surface area contributed by atoms with Gasteiger partial charge in [0.2, 0.25) is 0 Å². The summed E-state index contributed by atoms with van der Waals surface area (Å²) in [4.78, 5) is 14.6. The van der Waals surface area contributed by atoms with Crippen molar-refractivity contribution in [2.75, 3.05) is 0 Å². The van der Waals surface area contributed by atoms with E-state index in [0.717, 1.165) is 11.1 Å². The van der Waals surface area contributed by atoms with Gasteiger partial charge in [-0.25, -0.2) is 0 Å². The molecule has 0 atom stereocenters. The number of nitro groups is 1. The van der Waals surface area contributed by atoms with E-state index in [1.54, 1.807) is 30.6 Å². The molecule has 0 aliphatic rings. The number of pyridine rings is 1. The van der Waals surface area contributed by atoms with Gasteiger partial charge in [0.15, 0.2) is 0 Å². The maximum atomic E-state index is 11.0. The number of hydrogen-bond donors (Lipinski definition) is 0. The van der Waals surface area contributed by atoms with Crippen LogP contribution in [0.5, 0.6) is 0 Å². The van der Waals surface area contributed by atoms with Crippen molar-refractivity contribution in [1.82, 2.24) is 4.98 Å². The predicted octanol–water partition coefficient (Wildman–Crippen LogP) is 3.39.